The lowest BCUT2D eigenvalue weighted by Crippen LogP contribution is -2.30. The highest BCUT2D eigenvalue weighted by atomic mass is 32.2. The van der Waals surface area contributed by atoms with Gasteiger partial charge in [0.1, 0.15) is 4.90 Å². The molecule has 6 nitrogen and oxygen atoms in total. The summed E-state index contributed by atoms with van der Waals surface area (Å²) in [5.41, 5.74) is 6.74. The van der Waals surface area contributed by atoms with Gasteiger partial charge in [-0.1, -0.05) is 0 Å². The number of primary sulfonamides is 1. The van der Waals surface area contributed by atoms with Gasteiger partial charge in [-0.3, -0.25) is 0 Å². The van der Waals surface area contributed by atoms with Crippen LogP contribution >= 0.6 is 0 Å². The number of rotatable bonds is 5. The number of nitrogen functional groups attached to an aromatic ring is 1. The third kappa shape index (κ3) is 4.59. The van der Waals surface area contributed by atoms with Crippen molar-refractivity contribution in [3.63, 3.8) is 0 Å². The van der Waals surface area contributed by atoms with Crippen molar-refractivity contribution < 1.29 is 8.42 Å². The van der Waals surface area contributed by atoms with E-state index in [0.29, 0.717) is 0 Å². The predicted molar refractivity (Wildman–Crippen MR) is 85.6 cm³/mol. The quantitative estimate of drug-likeness (QED) is 0.706. The molecule has 1 aliphatic rings. The summed E-state index contributed by atoms with van der Waals surface area (Å²) in [6, 6.07) is 4.77. The number of nitrogens with one attached hydrogen (secondary N) is 1. The summed E-state index contributed by atoms with van der Waals surface area (Å²) in [5.74, 6) is 0.759. The lowest BCUT2D eigenvalue weighted by molar-refractivity contribution is 0.215. The molecule has 0 aliphatic carbocycles. The maximum Gasteiger partial charge on any atom is 0.240 e. The van der Waals surface area contributed by atoms with Gasteiger partial charge in [0.05, 0.1) is 5.69 Å². The van der Waals surface area contributed by atoms with Gasteiger partial charge >= 0.3 is 0 Å². The molecular formula is C14H24N4O2S. The Morgan fingerprint density at radius 3 is 2.57 bits per heavy atom. The second kappa shape index (κ2) is 6.64. The number of benzene rings is 1. The van der Waals surface area contributed by atoms with Crippen molar-refractivity contribution >= 4 is 21.4 Å². The van der Waals surface area contributed by atoms with Gasteiger partial charge in [-0.05, 0) is 63.5 Å². The first-order valence-electron chi connectivity index (χ1n) is 7.21. The molecule has 1 aromatic rings. The zero-order valence-electron chi connectivity index (χ0n) is 12.4. The van der Waals surface area contributed by atoms with Gasteiger partial charge in [0.25, 0.3) is 0 Å². The van der Waals surface area contributed by atoms with E-state index < -0.39 is 10.0 Å². The number of sulfonamides is 1. The number of hydrogen-bond acceptors (Lipinski definition) is 5. The van der Waals surface area contributed by atoms with E-state index in [0.717, 1.165) is 24.6 Å². The molecule has 7 heteroatoms. The van der Waals surface area contributed by atoms with E-state index in [9.17, 15) is 8.42 Å². The van der Waals surface area contributed by atoms with Crippen molar-refractivity contribution in [2.24, 2.45) is 11.1 Å². The van der Waals surface area contributed by atoms with Crippen LogP contribution in [0.1, 0.15) is 19.3 Å². The van der Waals surface area contributed by atoms with Crippen LogP contribution in [0.25, 0.3) is 0 Å². The zero-order chi connectivity index (χ0) is 15.5. The summed E-state index contributed by atoms with van der Waals surface area (Å²) >= 11 is 0. The third-order valence-corrected chi connectivity index (χ3v) is 5.02. The lowest BCUT2D eigenvalue weighted by atomic mass is 9.94. The van der Waals surface area contributed by atoms with Crippen molar-refractivity contribution in [1.29, 1.82) is 0 Å². The Kier molecular flexibility index (Phi) is 5.08. The molecule has 21 heavy (non-hydrogen) atoms. The summed E-state index contributed by atoms with van der Waals surface area (Å²) in [7, 11) is -1.59. The second-order valence-corrected chi connectivity index (χ2v) is 7.29. The zero-order valence-corrected chi connectivity index (χ0v) is 13.2. The molecule has 0 bridgehead atoms. The molecule has 1 heterocycles. The van der Waals surface area contributed by atoms with Crippen LogP contribution in [0.3, 0.4) is 0 Å². The first-order chi connectivity index (χ1) is 9.86. The van der Waals surface area contributed by atoms with Gasteiger partial charge in [0, 0.05) is 12.2 Å². The molecule has 0 saturated carbocycles. The summed E-state index contributed by atoms with van der Waals surface area (Å²) in [6.45, 7) is 3.20. The fourth-order valence-electron chi connectivity index (χ4n) is 2.69. The minimum absolute atomic E-state index is 0.0247. The normalized spacial score (nSPS) is 17.8. The van der Waals surface area contributed by atoms with Gasteiger partial charge in [-0.15, -0.1) is 0 Å². The fraction of sp³-hybridized carbons (Fsp3) is 0.571. The standard InChI is InChI=1S/C14H24N4O2S/c1-18-8-5-11(6-9-18)4-7-17-12-2-3-14(13(15)10-12)21(16,19)20/h2-3,10-11,17H,4-9,15H2,1H3,(H2,16,19,20). The average molecular weight is 312 g/mol. The third-order valence-electron chi connectivity index (χ3n) is 4.04. The largest absolute Gasteiger partial charge is 0.398 e. The van der Waals surface area contributed by atoms with E-state index in [2.05, 4.69) is 17.3 Å². The van der Waals surface area contributed by atoms with Crippen LogP contribution in [0, 0.1) is 5.92 Å². The molecule has 5 N–H and O–H groups in total. The van der Waals surface area contributed by atoms with Crippen LogP contribution in [0.4, 0.5) is 11.4 Å². The Morgan fingerprint density at radius 1 is 1.33 bits per heavy atom. The molecule has 1 aliphatic heterocycles. The highest BCUT2D eigenvalue weighted by Gasteiger charge is 2.16. The van der Waals surface area contributed by atoms with Gasteiger partial charge in [0.15, 0.2) is 0 Å². The maximum absolute atomic E-state index is 11.3. The fourth-order valence-corrected chi connectivity index (χ4v) is 3.33. The summed E-state index contributed by atoms with van der Waals surface area (Å²) < 4.78 is 22.6. The number of likely N-dealkylation sites (tertiary alicyclic amines) is 1. The number of anilines is 2. The van der Waals surface area contributed by atoms with Gasteiger partial charge in [-0.2, -0.15) is 0 Å². The Hall–Kier alpha value is -1.31. The van der Waals surface area contributed by atoms with Crippen LogP contribution in [0.15, 0.2) is 23.1 Å². The van der Waals surface area contributed by atoms with E-state index in [-0.39, 0.29) is 10.6 Å². The van der Waals surface area contributed by atoms with Crippen molar-refractivity contribution in [1.82, 2.24) is 4.90 Å². The average Bonchev–Trinajstić information content (AvgIpc) is 2.40. The summed E-state index contributed by atoms with van der Waals surface area (Å²) in [6.07, 6.45) is 3.60. The van der Waals surface area contributed by atoms with Gasteiger partial charge in [0.2, 0.25) is 10.0 Å². The number of hydrogen-bond donors (Lipinski definition) is 3. The number of piperidine rings is 1. The molecule has 0 atom stereocenters. The van der Waals surface area contributed by atoms with Gasteiger partial charge in [-0.25, -0.2) is 13.6 Å². The molecule has 1 saturated heterocycles. The maximum atomic E-state index is 11.3. The predicted octanol–water partition coefficient (Wildman–Crippen LogP) is 1.06. The topological polar surface area (TPSA) is 101 Å². The monoisotopic (exact) mass is 312 g/mol. The SMILES string of the molecule is CN1CCC(CCNc2ccc(S(N)(=O)=O)c(N)c2)CC1. The number of nitrogens with zero attached hydrogens (tertiary/aromatic N) is 1. The molecule has 118 valence electrons. The Morgan fingerprint density at radius 2 is 2.00 bits per heavy atom. The van der Waals surface area contributed by atoms with E-state index in [1.807, 2.05) is 0 Å². The minimum Gasteiger partial charge on any atom is -0.398 e. The van der Waals surface area contributed by atoms with E-state index in [1.165, 1.54) is 32.0 Å². The highest BCUT2D eigenvalue weighted by molar-refractivity contribution is 7.89. The molecule has 2 rings (SSSR count). The lowest BCUT2D eigenvalue weighted by Gasteiger charge is -2.29. The molecule has 0 radical (unpaired) electrons. The molecule has 0 amide bonds. The van der Waals surface area contributed by atoms with Crippen LogP contribution < -0.4 is 16.2 Å². The molecule has 0 unspecified atom stereocenters. The molecule has 1 aromatic carbocycles. The van der Waals surface area contributed by atoms with Crippen molar-refractivity contribution in [3.05, 3.63) is 18.2 Å². The Balaban J connectivity index is 1.85. The van der Waals surface area contributed by atoms with Crippen LogP contribution in [-0.2, 0) is 10.0 Å². The molecule has 1 fully saturated rings. The Bertz CT molecular complexity index is 581. The van der Waals surface area contributed by atoms with E-state index in [4.69, 9.17) is 10.9 Å². The van der Waals surface area contributed by atoms with E-state index >= 15 is 0 Å². The van der Waals surface area contributed by atoms with Crippen LogP contribution in [0.5, 0.6) is 0 Å². The first kappa shape index (κ1) is 16.1. The Labute approximate surface area is 126 Å². The van der Waals surface area contributed by atoms with Crippen LogP contribution in [0.2, 0.25) is 0 Å². The smallest absolute Gasteiger partial charge is 0.240 e. The van der Waals surface area contributed by atoms with E-state index in [1.54, 1.807) is 12.1 Å². The van der Waals surface area contributed by atoms with Crippen molar-refractivity contribution in [2.45, 2.75) is 24.2 Å². The number of nitrogens with two attached hydrogens (primary N) is 2. The molecule has 0 spiro atoms. The van der Waals surface area contributed by atoms with Crippen molar-refractivity contribution in [3.8, 4) is 0 Å². The first-order valence-corrected chi connectivity index (χ1v) is 8.75. The second-order valence-electron chi connectivity index (χ2n) is 5.76. The molecular weight excluding hydrogens is 288 g/mol. The minimum atomic E-state index is -3.75. The van der Waals surface area contributed by atoms with Crippen molar-refractivity contribution in [2.75, 3.05) is 37.7 Å². The molecule has 0 aromatic heterocycles. The highest BCUT2D eigenvalue weighted by Crippen LogP contribution is 2.23. The van der Waals surface area contributed by atoms with Crippen LogP contribution in [-0.4, -0.2) is 40.0 Å². The summed E-state index contributed by atoms with van der Waals surface area (Å²) in [5, 5.41) is 8.38. The summed E-state index contributed by atoms with van der Waals surface area (Å²) in [4.78, 5) is 2.33. The van der Waals surface area contributed by atoms with Gasteiger partial charge < -0.3 is 16.0 Å².